The number of rotatable bonds is 6. The molecule has 3 rings (SSSR count). The highest BCUT2D eigenvalue weighted by atomic mass is 35.5. The Morgan fingerprint density at radius 1 is 1.00 bits per heavy atom. The largest absolute Gasteiger partial charge is 0.481 e. The zero-order valence-electron chi connectivity index (χ0n) is 13.6. The van der Waals surface area contributed by atoms with E-state index in [-0.39, 0.29) is 18.3 Å². The summed E-state index contributed by atoms with van der Waals surface area (Å²) >= 11 is 7.41. The van der Waals surface area contributed by atoms with Gasteiger partial charge in [0.25, 0.3) is 5.91 Å². The zero-order valence-corrected chi connectivity index (χ0v) is 15.2. The van der Waals surface area contributed by atoms with Crippen LogP contribution >= 0.6 is 23.4 Å². The van der Waals surface area contributed by atoms with Gasteiger partial charge in [-0.2, -0.15) is 0 Å². The molecule has 0 aromatic heterocycles. The van der Waals surface area contributed by atoms with E-state index < -0.39 is 5.82 Å². The van der Waals surface area contributed by atoms with Crippen LogP contribution in [0.1, 0.15) is 0 Å². The predicted octanol–water partition coefficient (Wildman–Crippen LogP) is 5.65. The van der Waals surface area contributed by atoms with Crippen molar-refractivity contribution in [1.82, 2.24) is 0 Å². The second-order valence-electron chi connectivity index (χ2n) is 5.32. The maximum absolute atomic E-state index is 13.5. The van der Waals surface area contributed by atoms with Gasteiger partial charge in [-0.05, 0) is 48.5 Å². The van der Waals surface area contributed by atoms with E-state index in [1.54, 1.807) is 18.2 Å². The molecular formula is C20H15ClFNO2S. The Morgan fingerprint density at radius 2 is 1.69 bits per heavy atom. The average Bonchev–Trinajstić information content (AvgIpc) is 2.64. The molecule has 0 bridgehead atoms. The highest BCUT2D eigenvalue weighted by Gasteiger charge is 2.10. The third-order valence-electron chi connectivity index (χ3n) is 3.40. The number of hydrogen-bond donors (Lipinski definition) is 1. The topological polar surface area (TPSA) is 38.3 Å². The molecule has 0 unspecified atom stereocenters. The molecule has 0 spiro atoms. The van der Waals surface area contributed by atoms with Gasteiger partial charge in [0.2, 0.25) is 0 Å². The number of benzene rings is 3. The molecule has 1 N–H and O–H groups in total. The van der Waals surface area contributed by atoms with Gasteiger partial charge < -0.3 is 10.1 Å². The molecule has 0 aliphatic carbocycles. The molecule has 0 aliphatic heterocycles. The van der Waals surface area contributed by atoms with Crippen molar-refractivity contribution in [2.45, 2.75) is 9.79 Å². The molecule has 0 aliphatic rings. The fourth-order valence-corrected chi connectivity index (χ4v) is 3.21. The van der Waals surface area contributed by atoms with Crippen molar-refractivity contribution in [2.24, 2.45) is 0 Å². The molecule has 26 heavy (non-hydrogen) atoms. The Morgan fingerprint density at radius 3 is 2.46 bits per heavy atom. The Labute approximate surface area is 160 Å². The van der Waals surface area contributed by atoms with E-state index in [1.807, 2.05) is 42.5 Å². The summed E-state index contributed by atoms with van der Waals surface area (Å²) in [6.07, 6.45) is 0. The SMILES string of the molecule is O=C(COc1ccccc1F)Nc1ccccc1Sc1ccc(Cl)cc1. The summed E-state index contributed by atoms with van der Waals surface area (Å²) < 4.78 is 18.8. The van der Waals surface area contributed by atoms with E-state index in [2.05, 4.69) is 5.32 Å². The van der Waals surface area contributed by atoms with E-state index in [9.17, 15) is 9.18 Å². The number of para-hydroxylation sites is 2. The number of hydrogen-bond acceptors (Lipinski definition) is 3. The van der Waals surface area contributed by atoms with Crippen LogP contribution in [0.2, 0.25) is 5.02 Å². The first kappa shape index (κ1) is 18.3. The second kappa shape index (κ2) is 8.74. The Balaban J connectivity index is 1.65. The Kier molecular flexibility index (Phi) is 6.15. The summed E-state index contributed by atoms with van der Waals surface area (Å²) in [5.41, 5.74) is 0.662. The van der Waals surface area contributed by atoms with Crippen LogP contribution in [0.5, 0.6) is 5.75 Å². The minimum Gasteiger partial charge on any atom is -0.481 e. The van der Waals surface area contributed by atoms with Gasteiger partial charge in [-0.1, -0.05) is 47.6 Å². The minimum absolute atomic E-state index is 0.0477. The number of amides is 1. The molecular weight excluding hydrogens is 373 g/mol. The highest BCUT2D eigenvalue weighted by molar-refractivity contribution is 7.99. The van der Waals surface area contributed by atoms with E-state index in [1.165, 1.54) is 23.9 Å². The smallest absolute Gasteiger partial charge is 0.262 e. The normalized spacial score (nSPS) is 10.4. The molecule has 1 amide bonds. The van der Waals surface area contributed by atoms with Crippen molar-refractivity contribution in [2.75, 3.05) is 11.9 Å². The number of anilines is 1. The van der Waals surface area contributed by atoms with E-state index in [0.29, 0.717) is 10.7 Å². The zero-order chi connectivity index (χ0) is 18.4. The van der Waals surface area contributed by atoms with Crippen molar-refractivity contribution < 1.29 is 13.9 Å². The molecule has 0 atom stereocenters. The first-order valence-corrected chi connectivity index (χ1v) is 9.01. The summed E-state index contributed by atoms with van der Waals surface area (Å²) in [7, 11) is 0. The fourth-order valence-electron chi connectivity index (χ4n) is 2.18. The van der Waals surface area contributed by atoms with E-state index in [4.69, 9.17) is 16.3 Å². The first-order chi connectivity index (χ1) is 12.6. The van der Waals surface area contributed by atoms with Crippen LogP contribution in [-0.4, -0.2) is 12.5 Å². The van der Waals surface area contributed by atoms with Crippen LogP contribution in [0.4, 0.5) is 10.1 Å². The van der Waals surface area contributed by atoms with Gasteiger partial charge in [0.05, 0.1) is 5.69 Å². The maximum Gasteiger partial charge on any atom is 0.262 e. The lowest BCUT2D eigenvalue weighted by atomic mass is 10.3. The number of ether oxygens (including phenoxy) is 1. The van der Waals surface area contributed by atoms with Crippen molar-refractivity contribution in [3.63, 3.8) is 0 Å². The van der Waals surface area contributed by atoms with Crippen molar-refractivity contribution in [3.05, 3.63) is 83.6 Å². The number of nitrogens with one attached hydrogen (secondary N) is 1. The van der Waals surface area contributed by atoms with Crippen molar-refractivity contribution in [1.29, 1.82) is 0 Å². The van der Waals surface area contributed by atoms with Gasteiger partial charge in [-0.15, -0.1) is 0 Å². The van der Waals surface area contributed by atoms with Gasteiger partial charge in [-0.3, -0.25) is 4.79 Å². The molecule has 0 saturated carbocycles. The van der Waals surface area contributed by atoms with Crippen LogP contribution in [0.15, 0.2) is 82.6 Å². The first-order valence-electron chi connectivity index (χ1n) is 7.81. The summed E-state index contributed by atoms with van der Waals surface area (Å²) in [6, 6.07) is 20.9. The lowest BCUT2D eigenvalue weighted by Gasteiger charge is -2.12. The average molecular weight is 388 g/mol. The van der Waals surface area contributed by atoms with Crippen molar-refractivity contribution >= 4 is 35.0 Å². The van der Waals surface area contributed by atoms with Gasteiger partial charge >= 0.3 is 0 Å². The van der Waals surface area contributed by atoms with E-state index in [0.717, 1.165) is 9.79 Å². The van der Waals surface area contributed by atoms with Crippen LogP contribution in [0.3, 0.4) is 0 Å². The minimum atomic E-state index is -0.501. The molecule has 0 saturated heterocycles. The summed E-state index contributed by atoms with van der Waals surface area (Å²) in [4.78, 5) is 14.0. The molecule has 6 heteroatoms. The molecule has 132 valence electrons. The van der Waals surface area contributed by atoms with Gasteiger partial charge in [0.15, 0.2) is 18.2 Å². The monoisotopic (exact) mass is 387 g/mol. The lowest BCUT2D eigenvalue weighted by molar-refractivity contribution is -0.118. The van der Waals surface area contributed by atoms with Crippen LogP contribution in [-0.2, 0) is 4.79 Å². The predicted molar refractivity (Wildman–Crippen MR) is 103 cm³/mol. The third-order valence-corrected chi connectivity index (χ3v) is 4.73. The quantitative estimate of drug-likeness (QED) is 0.594. The highest BCUT2D eigenvalue weighted by Crippen LogP contribution is 2.33. The maximum atomic E-state index is 13.5. The molecule has 0 heterocycles. The molecule has 3 nitrogen and oxygen atoms in total. The molecule has 0 fully saturated rings. The van der Waals surface area contributed by atoms with Gasteiger partial charge in [0.1, 0.15) is 0 Å². The molecule has 3 aromatic rings. The Hall–Kier alpha value is -2.50. The van der Waals surface area contributed by atoms with Crippen LogP contribution in [0.25, 0.3) is 0 Å². The standard InChI is InChI=1S/C20H15ClFNO2S/c21-14-9-11-15(12-10-14)26-19-8-4-2-6-17(19)23-20(24)13-25-18-7-3-1-5-16(18)22/h1-12H,13H2,(H,23,24). The molecule has 3 aromatic carbocycles. The van der Waals surface area contributed by atoms with E-state index >= 15 is 0 Å². The molecule has 0 radical (unpaired) electrons. The van der Waals surface area contributed by atoms with Gasteiger partial charge in [0, 0.05) is 14.8 Å². The fraction of sp³-hybridized carbons (Fsp3) is 0.0500. The Bertz CT molecular complexity index is 902. The lowest BCUT2D eigenvalue weighted by Crippen LogP contribution is -2.20. The summed E-state index contributed by atoms with van der Waals surface area (Å²) in [5, 5.41) is 3.47. The number of halogens is 2. The number of carbonyl (C=O) groups excluding carboxylic acids is 1. The third kappa shape index (κ3) is 5.00. The summed E-state index contributed by atoms with van der Waals surface area (Å²) in [5.74, 6) is -0.817. The van der Waals surface area contributed by atoms with Crippen LogP contribution in [0, 0.1) is 5.82 Å². The van der Waals surface area contributed by atoms with Crippen molar-refractivity contribution in [3.8, 4) is 5.75 Å². The van der Waals surface area contributed by atoms with Gasteiger partial charge in [-0.25, -0.2) is 4.39 Å². The second-order valence-corrected chi connectivity index (χ2v) is 6.87. The summed E-state index contributed by atoms with van der Waals surface area (Å²) in [6.45, 7) is -0.277. The van der Waals surface area contributed by atoms with Crippen LogP contribution < -0.4 is 10.1 Å². The number of carbonyl (C=O) groups is 1.